The third-order valence-corrected chi connectivity index (χ3v) is 3.71. The van der Waals surface area contributed by atoms with Crippen LogP contribution in [0.5, 0.6) is 0 Å². The Morgan fingerprint density at radius 1 is 0.905 bits per heavy atom. The molecule has 0 aromatic rings. The molecule has 0 aromatic heterocycles. The van der Waals surface area contributed by atoms with Gasteiger partial charge in [0, 0.05) is 19.2 Å². The third kappa shape index (κ3) is 13.9. The molecule has 0 bridgehead atoms. The minimum absolute atomic E-state index is 0.322. The number of hydrogen-bond acceptors (Lipinski definition) is 3. The van der Waals surface area contributed by atoms with Gasteiger partial charge in [-0.15, -0.1) is 0 Å². The van der Waals surface area contributed by atoms with E-state index in [9.17, 15) is 4.79 Å². The van der Waals surface area contributed by atoms with E-state index in [1.54, 1.807) is 0 Å². The maximum absolute atomic E-state index is 11.2. The molecule has 3 heteroatoms. The number of rotatable bonds is 15. The van der Waals surface area contributed by atoms with Crippen LogP contribution < -0.4 is 0 Å². The van der Waals surface area contributed by atoms with E-state index in [0.29, 0.717) is 6.73 Å². The highest BCUT2D eigenvalue weighted by atomic mass is 16.5. The lowest BCUT2D eigenvalue weighted by molar-refractivity contribution is -0.142. The van der Waals surface area contributed by atoms with Gasteiger partial charge in [0.05, 0.1) is 0 Å². The van der Waals surface area contributed by atoms with Crippen LogP contribution in [0.25, 0.3) is 0 Å². The van der Waals surface area contributed by atoms with Crippen molar-refractivity contribution in [3.05, 3.63) is 12.7 Å². The van der Waals surface area contributed by atoms with Gasteiger partial charge in [-0.05, 0) is 12.8 Å². The molecule has 0 heterocycles. The van der Waals surface area contributed by atoms with E-state index >= 15 is 0 Å². The Hall–Kier alpha value is -0.830. The molecule has 0 aromatic carbocycles. The number of hydrogen-bond donors (Lipinski definition) is 0. The predicted octanol–water partition coefficient (Wildman–Crippen LogP) is 4.92. The zero-order valence-electron chi connectivity index (χ0n) is 14.2. The van der Waals surface area contributed by atoms with E-state index in [1.807, 2.05) is 0 Å². The first-order valence-corrected chi connectivity index (χ1v) is 8.76. The van der Waals surface area contributed by atoms with Crippen LogP contribution in [0.15, 0.2) is 12.7 Å². The van der Waals surface area contributed by atoms with Crippen molar-refractivity contribution in [3.8, 4) is 0 Å². The van der Waals surface area contributed by atoms with Crippen molar-refractivity contribution in [2.45, 2.75) is 78.1 Å². The third-order valence-electron chi connectivity index (χ3n) is 3.71. The summed E-state index contributed by atoms with van der Waals surface area (Å²) in [6.45, 7) is 10.4. The Morgan fingerprint density at radius 2 is 1.38 bits per heavy atom. The van der Waals surface area contributed by atoms with Crippen LogP contribution in [0, 0.1) is 0 Å². The first kappa shape index (κ1) is 20.2. The van der Waals surface area contributed by atoms with Gasteiger partial charge in [0.15, 0.2) is 0 Å². The summed E-state index contributed by atoms with van der Waals surface area (Å²) < 4.78 is 5.18. The summed E-state index contributed by atoms with van der Waals surface area (Å²) in [6, 6.07) is 0. The Labute approximate surface area is 131 Å². The topological polar surface area (TPSA) is 29.5 Å². The second kappa shape index (κ2) is 15.6. The Bertz CT molecular complexity index is 240. The van der Waals surface area contributed by atoms with E-state index in [1.165, 1.54) is 70.3 Å². The smallest absolute Gasteiger partial charge is 0.331 e. The van der Waals surface area contributed by atoms with Crippen molar-refractivity contribution in [1.29, 1.82) is 0 Å². The van der Waals surface area contributed by atoms with E-state index in [-0.39, 0.29) is 5.97 Å². The molecule has 0 amide bonds. The fourth-order valence-electron chi connectivity index (χ4n) is 2.33. The molecule has 0 rings (SSSR count). The lowest BCUT2D eigenvalue weighted by Gasteiger charge is -2.21. The van der Waals surface area contributed by atoms with Gasteiger partial charge in [-0.2, -0.15) is 0 Å². The van der Waals surface area contributed by atoms with E-state index in [4.69, 9.17) is 4.74 Å². The summed E-state index contributed by atoms with van der Waals surface area (Å²) in [6.07, 6.45) is 14.0. The van der Waals surface area contributed by atoms with E-state index < -0.39 is 0 Å². The van der Waals surface area contributed by atoms with Gasteiger partial charge >= 0.3 is 5.97 Å². The van der Waals surface area contributed by atoms with Gasteiger partial charge in [0.25, 0.3) is 0 Å². The van der Waals surface area contributed by atoms with Crippen molar-refractivity contribution in [1.82, 2.24) is 4.90 Å². The van der Waals surface area contributed by atoms with E-state index in [0.717, 1.165) is 13.1 Å². The standard InChI is InChI=1S/C18H35NO2/c1-4-7-9-11-13-15-19(17-21-18(20)6-3)16-14-12-10-8-5-2/h6H,3-5,7-17H2,1-2H3. The Balaban J connectivity index is 3.85. The average molecular weight is 297 g/mol. The summed E-state index contributed by atoms with van der Waals surface area (Å²) >= 11 is 0. The van der Waals surface area contributed by atoms with Crippen LogP contribution in [-0.2, 0) is 9.53 Å². The van der Waals surface area contributed by atoms with Crippen molar-refractivity contribution >= 4 is 5.97 Å². The molecule has 0 saturated heterocycles. The van der Waals surface area contributed by atoms with Crippen LogP contribution in [0.4, 0.5) is 0 Å². The fraction of sp³-hybridized carbons (Fsp3) is 0.833. The van der Waals surface area contributed by atoms with Crippen molar-refractivity contribution in [2.75, 3.05) is 19.8 Å². The minimum Gasteiger partial charge on any atom is -0.446 e. The summed E-state index contributed by atoms with van der Waals surface area (Å²) in [5.74, 6) is -0.322. The molecule has 0 unspecified atom stereocenters. The monoisotopic (exact) mass is 297 g/mol. The normalized spacial score (nSPS) is 10.8. The number of unbranched alkanes of at least 4 members (excludes halogenated alkanes) is 8. The fourth-order valence-corrected chi connectivity index (χ4v) is 2.33. The quantitative estimate of drug-likeness (QED) is 0.186. The average Bonchev–Trinajstić information content (AvgIpc) is 2.50. The molecular formula is C18H35NO2. The summed E-state index contributed by atoms with van der Waals surface area (Å²) in [5, 5.41) is 0. The van der Waals surface area contributed by atoms with Crippen LogP contribution >= 0.6 is 0 Å². The second-order valence-corrected chi connectivity index (χ2v) is 5.74. The summed E-state index contributed by atoms with van der Waals surface area (Å²) in [4.78, 5) is 13.4. The van der Waals surface area contributed by atoms with Crippen molar-refractivity contribution in [3.63, 3.8) is 0 Å². The highest BCUT2D eigenvalue weighted by Gasteiger charge is 2.06. The molecular weight excluding hydrogens is 262 g/mol. The van der Waals surface area contributed by atoms with Gasteiger partial charge < -0.3 is 4.74 Å². The van der Waals surface area contributed by atoms with Crippen LogP contribution in [0.1, 0.15) is 78.1 Å². The molecule has 0 saturated carbocycles. The maximum Gasteiger partial charge on any atom is 0.331 e. The zero-order chi connectivity index (χ0) is 15.8. The molecule has 0 aliphatic rings. The van der Waals surface area contributed by atoms with Crippen LogP contribution in [-0.4, -0.2) is 30.7 Å². The second-order valence-electron chi connectivity index (χ2n) is 5.74. The molecule has 0 aliphatic carbocycles. The first-order chi connectivity index (χ1) is 10.2. The number of carbonyl (C=O) groups is 1. The summed E-state index contributed by atoms with van der Waals surface area (Å²) in [5.41, 5.74) is 0. The molecule has 0 aliphatic heterocycles. The number of ether oxygens (including phenoxy) is 1. The maximum atomic E-state index is 11.2. The Morgan fingerprint density at radius 3 is 1.81 bits per heavy atom. The number of carbonyl (C=O) groups excluding carboxylic acids is 1. The van der Waals surface area contributed by atoms with Gasteiger partial charge in [-0.3, -0.25) is 4.90 Å². The molecule has 0 fully saturated rings. The molecule has 124 valence electrons. The lowest BCUT2D eigenvalue weighted by atomic mass is 10.1. The van der Waals surface area contributed by atoms with Crippen molar-refractivity contribution < 1.29 is 9.53 Å². The molecule has 0 spiro atoms. The SMILES string of the molecule is C=CC(=O)OCN(CCCCCCC)CCCCCCC. The van der Waals surface area contributed by atoms with Gasteiger partial charge in [-0.25, -0.2) is 4.79 Å². The molecule has 21 heavy (non-hydrogen) atoms. The van der Waals surface area contributed by atoms with Crippen LogP contribution in [0.2, 0.25) is 0 Å². The predicted molar refractivity (Wildman–Crippen MR) is 90.2 cm³/mol. The lowest BCUT2D eigenvalue weighted by Crippen LogP contribution is -2.30. The minimum atomic E-state index is -0.322. The van der Waals surface area contributed by atoms with Gasteiger partial charge in [-0.1, -0.05) is 71.8 Å². The first-order valence-electron chi connectivity index (χ1n) is 8.76. The van der Waals surface area contributed by atoms with Crippen LogP contribution in [0.3, 0.4) is 0 Å². The molecule has 0 N–H and O–H groups in total. The summed E-state index contributed by atoms with van der Waals surface area (Å²) in [7, 11) is 0. The molecule has 0 radical (unpaired) electrons. The largest absolute Gasteiger partial charge is 0.446 e. The van der Waals surface area contributed by atoms with E-state index in [2.05, 4.69) is 25.3 Å². The molecule has 0 atom stereocenters. The molecule has 3 nitrogen and oxygen atoms in total. The number of esters is 1. The number of nitrogens with zero attached hydrogens (tertiary/aromatic N) is 1. The van der Waals surface area contributed by atoms with Crippen molar-refractivity contribution in [2.24, 2.45) is 0 Å². The highest BCUT2D eigenvalue weighted by Crippen LogP contribution is 2.07. The zero-order valence-corrected chi connectivity index (χ0v) is 14.2. The van der Waals surface area contributed by atoms with Gasteiger partial charge in [0.2, 0.25) is 0 Å². The Kier molecular flexibility index (Phi) is 14.9. The highest BCUT2D eigenvalue weighted by molar-refractivity contribution is 5.81. The van der Waals surface area contributed by atoms with Gasteiger partial charge in [0.1, 0.15) is 6.73 Å².